The van der Waals surface area contributed by atoms with Gasteiger partial charge in [-0.2, -0.15) is 0 Å². The summed E-state index contributed by atoms with van der Waals surface area (Å²) >= 11 is 1.69. The minimum absolute atomic E-state index is 0.677. The van der Waals surface area contributed by atoms with E-state index in [1.165, 1.54) is 25.1 Å². The lowest BCUT2D eigenvalue weighted by atomic mass is 9.72. The summed E-state index contributed by atoms with van der Waals surface area (Å²) in [6, 6.07) is 0.677. The molecule has 0 aromatic carbocycles. The molecule has 0 amide bonds. The maximum absolute atomic E-state index is 4.40. The highest BCUT2D eigenvalue weighted by Gasteiger charge is 2.33. The van der Waals surface area contributed by atoms with Crippen molar-refractivity contribution in [2.75, 3.05) is 20.1 Å². The molecule has 3 nitrogen and oxygen atoms in total. The van der Waals surface area contributed by atoms with E-state index in [2.05, 4.69) is 48.4 Å². The second kappa shape index (κ2) is 7.53. The first kappa shape index (κ1) is 15.9. The van der Waals surface area contributed by atoms with Crippen molar-refractivity contribution in [1.82, 2.24) is 15.2 Å². The molecule has 4 atom stereocenters. The summed E-state index contributed by atoms with van der Waals surface area (Å²) in [6.07, 6.45) is 2.70. The molecule has 0 aliphatic heterocycles. The molecule has 1 N–H and O–H groups in total. The summed E-state index contributed by atoms with van der Waals surface area (Å²) < 4.78 is 0. The van der Waals surface area contributed by atoms with Crippen LogP contribution in [-0.4, -0.2) is 36.1 Å². The Balaban J connectivity index is 1.93. The summed E-state index contributed by atoms with van der Waals surface area (Å²) in [6.45, 7) is 10.3. The third-order valence-electron chi connectivity index (χ3n) is 4.58. The number of thiazole rings is 1. The maximum Gasteiger partial charge on any atom is 0.0795 e. The summed E-state index contributed by atoms with van der Waals surface area (Å²) in [4.78, 5) is 6.84. The SMILES string of the molecule is CCNC1CC(C)CC(C)C1CN(C)Cc1cscn1. The fraction of sp³-hybridized carbons (Fsp3) is 0.812. The van der Waals surface area contributed by atoms with Crippen LogP contribution in [0.5, 0.6) is 0 Å². The molecule has 4 heteroatoms. The van der Waals surface area contributed by atoms with Gasteiger partial charge in [0.2, 0.25) is 0 Å². The molecule has 1 fully saturated rings. The Morgan fingerprint density at radius 1 is 1.40 bits per heavy atom. The number of nitrogens with one attached hydrogen (secondary N) is 1. The second-order valence-electron chi connectivity index (χ2n) is 6.56. The quantitative estimate of drug-likeness (QED) is 0.873. The number of nitrogens with zero attached hydrogens (tertiary/aromatic N) is 2. The van der Waals surface area contributed by atoms with Crippen molar-refractivity contribution in [1.29, 1.82) is 0 Å². The first-order valence-electron chi connectivity index (χ1n) is 7.89. The van der Waals surface area contributed by atoms with E-state index in [0.29, 0.717) is 6.04 Å². The van der Waals surface area contributed by atoms with Gasteiger partial charge in [0, 0.05) is 24.5 Å². The van der Waals surface area contributed by atoms with Crippen LogP contribution in [0.25, 0.3) is 0 Å². The highest BCUT2D eigenvalue weighted by atomic mass is 32.1. The minimum Gasteiger partial charge on any atom is -0.314 e. The van der Waals surface area contributed by atoms with E-state index in [9.17, 15) is 0 Å². The molecule has 1 aliphatic carbocycles. The van der Waals surface area contributed by atoms with Crippen LogP contribution >= 0.6 is 11.3 Å². The van der Waals surface area contributed by atoms with Crippen LogP contribution < -0.4 is 5.32 Å². The van der Waals surface area contributed by atoms with Crippen molar-refractivity contribution in [2.45, 2.75) is 46.2 Å². The maximum atomic E-state index is 4.40. The molecular formula is C16H29N3S. The molecule has 0 saturated heterocycles. The smallest absolute Gasteiger partial charge is 0.0795 e. The van der Waals surface area contributed by atoms with Crippen molar-refractivity contribution >= 4 is 11.3 Å². The Hall–Kier alpha value is -0.450. The van der Waals surface area contributed by atoms with E-state index in [1.54, 1.807) is 11.3 Å². The standard InChI is InChI=1S/C16H29N3S/c1-5-17-16-7-12(2)6-13(3)15(16)9-19(4)8-14-10-20-11-18-14/h10-13,15-17H,5-9H2,1-4H3. The van der Waals surface area contributed by atoms with E-state index in [4.69, 9.17) is 0 Å². The topological polar surface area (TPSA) is 28.2 Å². The fourth-order valence-corrected chi connectivity index (χ4v) is 4.28. The van der Waals surface area contributed by atoms with Crippen molar-refractivity contribution in [2.24, 2.45) is 17.8 Å². The van der Waals surface area contributed by atoms with Crippen molar-refractivity contribution in [3.63, 3.8) is 0 Å². The van der Waals surface area contributed by atoms with Gasteiger partial charge in [-0.15, -0.1) is 11.3 Å². The average molecular weight is 295 g/mol. The Morgan fingerprint density at radius 3 is 2.85 bits per heavy atom. The zero-order valence-electron chi connectivity index (χ0n) is 13.3. The number of hydrogen-bond acceptors (Lipinski definition) is 4. The molecule has 1 aliphatic rings. The molecule has 1 heterocycles. The van der Waals surface area contributed by atoms with E-state index < -0.39 is 0 Å². The Labute approximate surface area is 127 Å². The van der Waals surface area contributed by atoms with Crippen LogP contribution in [0.2, 0.25) is 0 Å². The molecule has 0 bridgehead atoms. The molecular weight excluding hydrogens is 266 g/mol. The summed E-state index contributed by atoms with van der Waals surface area (Å²) in [7, 11) is 2.23. The zero-order valence-corrected chi connectivity index (χ0v) is 14.1. The van der Waals surface area contributed by atoms with E-state index in [0.717, 1.165) is 30.8 Å². The third-order valence-corrected chi connectivity index (χ3v) is 5.22. The molecule has 0 spiro atoms. The van der Waals surface area contributed by atoms with E-state index in [1.807, 2.05) is 5.51 Å². The van der Waals surface area contributed by atoms with Crippen molar-refractivity contribution in [3.8, 4) is 0 Å². The molecule has 1 aromatic heterocycles. The van der Waals surface area contributed by atoms with E-state index in [-0.39, 0.29) is 0 Å². The van der Waals surface area contributed by atoms with Gasteiger partial charge in [-0.25, -0.2) is 4.98 Å². The van der Waals surface area contributed by atoms with Gasteiger partial charge in [-0.1, -0.05) is 20.8 Å². The number of rotatable bonds is 6. The van der Waals surface area contributed by atoms with Gasteiger partial charge in [0.15, 0.2) is 0 Å². The Bertz CT molecular complexity index is 379. The first-order chi connectivity index (χ1) is 9.60. The molecule has 2 rings (SSSR count). The van der Waals surface area contributed by atoms with Gasteiger partial charge >= 0.3 is 0 Å². The molecule has 4 unspecified atom stereocenters. The second-order valence-corrected chi connectivity index (χ2v) is 7.28. The molecule has 1 saturated carbocycles. The largest absolute Gasteiger partial charge is 0.314 e. The van der Waals surface area contributed by atoms with Gasteiger partial charge < -0.3 is 10.2 Å². The molecule has 1 aromatic rings. The van der Waals surface area contributed by atoms with Crippen LogP contribution in [-0.2, 0) is 6.54 Å². The number of aromatic nitrogens is 1. The minimum atomic E-state index is 0.677. The summed E-state index contributed by atoms with van der Waals surface area (Å²) in [5.74, 6) is 2.42. The summed E-state index contributed by atoms with van der Waals surface area (Å²) in [5, 5.41) is 5.88. The molecule has 0 radical (unpaired) electrons. The highest BCUT2D eigenvalue weighted by Crippen LogP contribution is 2.34. The average Bonchev–Trinajstić information content (AvgIpc) is 2.86. The molecule has 20 heavy (non-hydrogen) atoms. The lowest BCUT2D eigenvalue weighted by Crippen LogP contribution is -2.48. The van der Waals surface area contributed by atoms with Crippen LogP contribution in [0.15, 0.2) is 10.9 Å². The lowest BCUT2D eigenvalue weighted by Gasteiger charge is -2.41. The predicted molar refractivity (Wildman–Crippen MR) is 87.0 cm³/mol. The Morgan fingerprint density at radius 2 is 2.20 bits per heavy atom. The lowest BCUT2D eigenvalue weighted by molar-refractivity contribution is 0.109. The zero-order chi connectivity index (χ0) is 14.5. The van der Waals surface area contributed by atoms with Crippen LogP contribution in [0.4, 0.5) is 0 Å². The van der Waals surface area contributed by atoms with Crippen LogP contribution in [0.3, 0.4) is 0 Å². The van der Waals surface area contributed by atoms with Crippen LogP contribution in [0, 0.1) is 17.8 Å². The fourth-order valence-electron chi connectivity index (χ4n) is 3.73. The van der Waals surface area contributed by atoms with Gasteiger partial charge in [-0.05, 0) is 44.2 Å². The van der Waals surface area contributed by atoms with Gasteiger partial charge in [0.25, 0.3) is 0 Å². The van der Waals surface area contributed by atoms with E-state index >= 15 is 0 Å². The van der Waals surface area contributed by atoms with Gasteiger partial charge in [0.1, 0.15) is 0 Å². The monoisotopic (exact) mass is 295 g/mol. The molecule has 114 valence electrons. The number of hydrogen-bond donors (Lipinski definition) is 1. The Kier molecular flexibility index (Phi) is 6.00. The highest BCUT2D eigenvalue weighted by molar-refractivity contribution is 7.07. The van der Waals surface area contributed by atoms with Gasteiger partial charge in [-0.3, -0.25) is 0 Å². The summed E-state index contributed by atoms with van der Waals surface area (Å²) in [5.41, 5.74) is 3.13. The normalized spacial score (nSPS) is 30.9. The van der Waals surface area contributed by atoms with Crippen molar-refractivity contribution < 1.29 is 0 Å². The predicted octanol–water partition coefficient (Wildman–Crippen LogP) is 3.24. The van der Waals surface area contributed by atoms with Crippen molar-refractivity contribution in [3.05, 3.63) is 16.6 Å². The third kappa shape index (κ3) is 4.27. The van der Waals surface area contributed by atoms with Crippen LogP contribution in [0.1, 0.15) is 39.3 Å². The first-order valence-corrected chi connectivity index (χ1v) is 8.83. The van der Waals surface area contributed by atoms with Gasteiger partial charge in [0.05, 0.1) is 11.2 Å².